The van der Waals surface area contributed by atoms with E-state index in [1.807, 2.05) is 42.5 Å². The first kappa shape index (κ1) is 21.6. The Morgan fingerprint density at radius 2 is 1.35 bits per heavy atom. The highest BCUT2D eigenvalue weighted by molar-refractivity contribution is 5.67. The van der Waals surface area contributed by atoms with Crippen LogP contribution in [0, 0.1) is 5.82 Å². The standard InChI is InChI=1S/C24H31FN4O2/c25-22-6-8-23(9-7-22)28-16-12-26(13-17-28)10-11-27-14-18-29(19-15-27)24(30)31-20-21-4-2-1-3-5-21/h1-9H,10-20H2. The molecule has 166 valence electrons. The normalized spacial score (nSPS) is 18.2. The Balaban J connectivity index is 1.12. The fourth-order valence-corrected chi connectivity index (χ4v) is 4.13. The Kier molecular flexibility index (Phi) is 7.38. The molecular weight excluding hydrogens is 395 g/mol. The molecule has 2 saturated heterocycles. The van der Waals surface area contributed by atoms with Crippen molar-refractivity contribution in [2.24, 2.45) is 0 Å². The van der Waals surface area contributed by atoms with Gasteiger partial charge in [0.15, 0.2) is 0 Å². The van der Waals surface area contributed by atoms with E-state index in [4.69, 9.17) is 4.74 Å². The molecule has 4 rings (SSSR count). The molecule has 2 fully saturated rings. The van der Waals surface area contributed by atoms with Gasteiger partial charge in [-0.25, -0.2) is 9.18 Å². The summed E-state index contributed by atoms with van der Waals surface area (Å²) in [7, 11) is 0. The second-order valence-corrected chi connectivity index (χ2v) is 8.17. The Morgan fingerprint density at radius 1 is 0.774 bits per heavy atom. The van der Waals surface area contributed by atoms with Crippen molar-refractivity contribution in [3.05, 3.63) is 66.0 Å². The molecule has 2 aromatic rings. The Labute approximate surface area is 183 Å². The quantitative estimate of drug-likeness (QED) is 0.710. The number of halogens is 1. The second kappa shape index (κ2) is 10.6. The number of hydrogen-bond acceptors (Lipinski definition) is 5. The van der Waals surface area contributed by atoms with Gasteiger partial charge in [0.25, 0.3) is 0 Å². The molecular formula is C24H31FN4O2. The van der Waals surface area contributed by atoms with Crippen molar-refractivity contribution in [1.29, 1.82) is 0 Å². The number of ether oxygens (including phenoxy) is 1. The highest BCUT2D eigenvalue weighted by Crippen LogP contribution is 2.17. The molecule has 0 spiro atoms. The number of rotatable bonds is 6. The van der Waals surface area contributed by atoms with Crippen LogP contribution in [0.2, 0.25) is 0 Å². The SMILES string of the molecule is O=C(OCc1ccccc1)N1CCN(CCN2CCN(c3ccc(F)cc3)CC2)CC1. The molecule has 2 heterocycles. The molecule has 2 aromatic carbocycles. The summed E-state index contributed by atoms with van der Waals surface area (Å²) in [6.45, 7) is 9.54. The van der Waals surface area contributed by atoms with Crippen molar-refractivity contribution in [2.45, 2.75) is 6.61 Å². The smallest absolute Gasteiger partial charge is 0.410 e. The van der Waals surface area contributed by atoms with Crippen LogP contribution >= 0.6 is 0 Å². The lowest BCUT2D eigenvalue weighted by Gasteiger charge is -2.38. The summed E-state index contributed by atoms with van der Waals surface area (Å²) in [6, 6.07) is 16.5. The number of piperazine rings is 2. The predicted molar refractivity (Wildman–Crippen MR) is 120 cm³/mol. The molecule has 0 unspecified atom stereocenters. The van der Waals surface area contributed by atoms with E-state index in [-0.39, 0.29) is 11.9 Å². The third-order valence-corrected chi connectivity index (χ3v) is 6.13. The molecule has 2 aliphatic rings. The molecule has 0 aromatic heterocycles. The van der Waals surface area contributed by atoms with Gasteiger partial charge >= 0.3 is 6.09 Å². The van der Waals surface area contributed by atoms with E-state index in [2.05, 4.69) is 14.7 Å². The third kappa shape index (κ3) is 6.18. The molecule has 0 bridgehead atoms. The van der Waals surface area contributed by atoms with Crippen LogP contribution in [0.5, 0.6) is 0 Å². The maximum atomic E-state index is 13.1. The van der Waals surface area contributed by atoms with Gasteiger partial charge in [0.05, 0.1) is 0 Å². The van der Waals surface area contributed by atoms with Crippen LogP contribution in [-0.4, -0.2) is 86.2 Å². The first-order valence-corrected chi connectivity index (χ1v) is 11.1. The molecule has 31 heavy (non-hydrogen) atoms. The van der Waals surface area contributed by atoms with E-state index in [0.717, 1.165) is 63.6 Å². The van der Waals surface area contributed by atoms with Gasteiger partial charge in [0.2, 0.25) is 0 Å². The molecule has 6 nitrogen and oxygen atoms in total. The van der Waals surface area contributed by atoms with E-state index >= 15 is 0 Å². The van der Waals surface area contributed by atoms with E-state index < -0.39 is 0 Å². The van der Waals surface area contributed by atoms with Crippen molar-refractivity contribution in [1.82, 2.24) is 14.7 Å². The monoisotopic (exact) mass is 426 g/mol. The fraction of sp³-hybridized carbons (Fsp3) is 0.458. The highest BCUT2D eigenvalue weighted by Gasteiger charge is 2.23. The summed E-state index contributed by atoms with van der Waals surface area (Å²) in [5.74, 6) is -0.188. The lowest BCUT2D eigenvalue weighted by Crippen LogP contribution is -2.52. The van der Waals surface area contributed by atoms with E-state index in [1.54, 1.807) is 4.90 Å². The van der Waals surface area contributed by atoms with Crippen LogP contribution in [0.4, 0.5) is 14.9 Å². The lowest BCUT2D eigenvalue weighted by atomic mass is 10.2. The molecule has 0 atom stereocenters. The number of hydrogen-bond donors (Lipinski definition) is 0. The van der Waals surface area contributed by atoms with Gasteiger partial charge in [-0.1, -0.05) is 30.3 Å². The zero-order valence-corrected chi connectivity index (χ0v) is 18.0. The van der Waals surface area contributed by atoms with Crippen LogP contribution in [0.1, 0.15) is 5.56 Å². The summed E-state index contributed by atoms with van der Waals surface area (Å²) in [5, 5.41) is 0. The van der Waals surface area contributed by atoms with Gasteiger partial charge in [0, 0.05) is 71.1 Å². The summed E-state index contributed by atoms with van der Waals surface area (Å²) < 4.78 is 18.6. The van der Waals surface area contributed by atoms with E-state index in [9.17, 15) is 9.18 Å². The first-order chi connectivity index (χ1) is 15.2. The van der Waals surface area contributed by atoms with Gasteiger partial charge < -0.3 is 14.5 Å². The van der Waals surface area contributed by atoms with Crippen molar-refractivity contribution in [3.63, 3.8) is 0 Å². The zero-order valence-electron chi connectivity index (χ0n) is 18.0. The topological polar surface area (TPSA) is 39.3 Å². The summed E-state index contributed by atoms with van der Waals surface area (Å²) in [6.07, 6.45) is -0.222. The van der Waals surface area contributed by atoms with Gasteiger partial charge in [-0.2, -0.15) is 0 Å². The number of carbonyl (C=O) groups is 1. The minimum Gasteiger partial charge on any atom is -0.445 e. The van der Waals surface area contributed by atoms with Crippen molar-refractivity contribution < 1.29 is 13.9 Å². The zero-order chi connectivity index (χ0) is 21.5. The van der Waals surface area contributed by atoms with Crippen LogP contribution in [0.25, 0.3) is 0 Å². The maximum Gasteiger partial charge on any atom is 0.410 e. The lowest BCUT2D eigenvalue weighted by molar-refractivity contribution is 0.0687. The van der Waals surface area contributed by atoms with Gasteiger partial charge in [-0.3, -0.25) is 9.80 Å². The minimum absolute atomic E-state index is 0.188. The van der Waals surface area contributed by atoms with Gasteiger partial charge in [-0.15, -0.1) is 0 Å². The fourth-order valence-electron chi connectivity index (χ4n) is 4.13. The van der Waals surface area contributed by atoms with Crippen molar-refractivity contribution in [2.75, 3.05) is 70.3 Å². The highest BCUT2D eigenvalue weighted by atomic mass is 19.1. The number of amides is 1. The average molecular weight is 427 g/mol. The predicted octanol–water partition coefficient (Wildman–Crippen LogP) is 2.90. The Hall–Kier alpha value is -2.64. The van der Waals surface area contributed by atoms with Crippen LogP contribution in [0.15, 0.2) is 54.6 Å². The summed E-state index contributed by atoms with van der Waals surface area (Å²) in [4.78, 5) is 21.3. The minimum atomic E-state index is -0.222. The first-order valence-electron chi connectivity index (χ1n) is 11.1. The Bertz CT molecular complexity index is 817. The van der Waals surface area contributed by atoms with Crippen LogP contribution in [-0.2, 0) is 11.3 Å². The van der Waals surface area contributed by atoms with Gasteiger partial charge in [-0.05, 0) is 29.8 Å². The second-order valence-electron chi connectivity index (χ2n) is 8.17. The van der Waals surface area contributed by atoms with Crippen LogP contribution in [0.3, 0.4) is 0 Å². The van der Waals surface area contributed by atoms with Gasteiger partial charge in [0.1, 0.15) is 12.4 Å². The van der Waals surface area contributed by atoms with E-state index in [0.29, 0.717) is 19.7 Å². The molecule has 7 heteroatoms. The number of carbonyl (C=O) groups excluding carboxylic acids is 1. The molecule has 0 aliphatic carbocycles. The summed E-state index contributed by atoms with van der Waals surface area (Å²) >= 11 is 0. The molecule has 1 amide bonds. The average Bonchev–Trinajstić information content (AvgIpc) is 2.83. The van der Waals surface area contributed by atoms with Crippen molar-refractivity contribution >= 4 is 11.8 Å². The summed E-state index contributed by atoms with van der Waals surface area (Å²) in [5.41, 5.74) is 2.10. The number of nitrogens with zero attached hydrogens (tertiary/aromatic N) is 4. The molecule has 0 N–H and O–H groups in total. The van der Waals surface area contributed by atoms with Crippen LogP contribution < -0.4 is 4.90 Å². The maximum absolute atomic E-state index is 13.1. The third-order valence-electron chi connectivity index (χ3n) is 6.13. The molecule has 0 saturated carbocycles. The van der Waals surface area contributed by atoms with Crippen molar-refractivity contribution in [3.8, 4) is 0 Å². The molecule has 0 radical (unpaired) electrons. The number of anilines is 1. The Morgan fingerprint density at radius 3 is 1.97 bits per heavy atom. The molecule has 2 aliphatic heterocycles. The largest absolute Gasteiger partial charge is 0.445 e. The number of benzene rings is 2. The van der Waals surface area contributed by atoms with E-state index in [1.165, 1.54) is 12.1 Å².